The van der Waals surface area contributed by atoms with Gasteiger partial charge in [0, 0.05) is 13.1 Å². The Labute approximate surface area is 96.9 Å². The summed E-state index contributed by atoms with van der Waals surface area (Å²) in [6, 6.07) is 0. The number of carbonyl (C=O) groups excluding carboxylic acids is 2. The smallest absolute Gasteiger partial charge is 0.311 e. The van der Waals surface area contributed by atoms with E-state index in [9.17, 15) is 9.59 Å². The Hall–Kier alpha value is -1.06. The van der Waals surface area contributed by atoms with Gasteiger partial charge in [0.25, 0.3) is 0 Å². The highest BCUT2D eigenvalue weighted by Gasteiger charge is 2.29. The van der Waals surface area contributed by atoms with Crippen molar-refractivity contribution in [2.24, 2.45) is 5.92 Å². The molecule has 0 saturated carbocycles. The van der Waals surface area contributed by atoms with E-state index in [2.05, 4.69) is 6.92 Å². The molecule has 4 nitrogen and oxygen atoms in total. The lowest BCUT2D eigenvalue weighted by molar-refractivity contribution is -0.154. The molecule has 4 heteroatoms. The Bertz CT molecular complexity index is 242. The molecule has 0 aromatic heterocycles. The minimum absolute atomic E-state index is 0.0442. The van der Waals surface area contributed by atoms with Gasteiger partial charge in [-0.15, -0.1) is 0 Å². The molecule has 0 radical (unpaired) electrons. The largest absolute Gasteiger partial charge is 0.462 e. The maximum atomic E-state index is 11.8. The third-order valence-electron chi connectivity index (χ3n) is 3.05. The molecule has 1 saturated heterocycles. The van der Waals surface area contributed by atoms with Crippen LogP contribution in [0.3, 0.4) is 0 Å². The van der Waals surface area contributed by atoms with Gasteiger partial charge in [-0.1, -0.05) is 20.3 Å². The number of ether oxygens (including phenoxy) is 1. The van der Waals surface area contributed by atoms with E-state index in [1.165, 1.54) is 0 Å². The minimum atomic E-state index is -0.135. The number of rotatable bonds is 6. The maximum absolute atomic E-state index is 11.8. The zero-order valence-corrected chi connectivity index (χ0v) is 10.1. The maximum Gasteiger partial charge on any atom is 0.311 e. The lowest BCUT2D eigenvalue weighted by atomic mass is 10.1. The SMILES string of the molecule is CCCC(CC)OC(=O)C1CCN(C=O)C1. The standard InChI is InChI=1S/C12H21NO3/c1-3-5-11(4-2)16-12(15)10-6-7-13(8-10)9-14/h9-11H,3-8H2,1-2H3. The lowest BCUT2D eigenvalue weighted by Crippen LogP contribution is -2.26. The summed E-state index contributed by atoms with van der Waals surface area (Å²) in [6.07, 6.45) is 4.40. The molecule has 1 fully saturated rings. The van der Waals surface area contributed by atoms with Crippen LogP contribution in [0.2, 0.25) is 0 Å². The summed E-state index contributed by atoms with van der Waals surface area (Å²) in [7, 11) is 0. The van der Waals surface area contributed by atoms with Crippen LogP contribution in [0.5, 0.6) is 0 Å². The number of carbonyl (C=O) groups is 2. The molecule has 0 aliphatic carbocycles. The predicted molar refractivity (Wildman–Crippen MR) is 60.8 cm³/mol. The molecule has 1 aliphatic rings. The first-order chi connectivity index (χ1) is 7.71. The molecular formula is C12H21NO3. The first kappa shape index (κ1) is 13.0. The van der Waals surface area contributed by atoms with Gasteiger partial charge < -0.3 is 9.64 Å². The molecule has 0 bridgehead atoms. The van der Waals surface area contributed by atoms with Crippen molar-refractivity contribution in [3.05, 3.63) is 0 Å². The van der Waals surface area contributed by atoms with Gasteiger partial charge in [-0.05, 0) is 19.3 Å². The van der Waals surface area contributed by atoms with Crippen molar-refractivity contribution in [1.29, 1.82) is 0 Å². The van der Waals surface area contributed by atoms with E-state index in [0.29, 0.717) is 13.1 Å². The lowest BCUT2D eigenvalue weighted by Gasteiger charge is -2.18. The van der Waals surface area contributed by atoms with Crippen molar-refractivity contribution in [3.8, 4) is 0 Å². The number of hydrogen-bond donors (Lipinski definition) is 0. The molecular weight excluding hydrogens is 206 g/mol. The molecule has 1 aliphatic heterocycles. The number of esters is 1. The monoisotopic (exact) mass is 227 g/mol. The van der Waals surface area contributed by atoms with E-state index in [4.69, 9.17) is 4.74 Å². The number of nitrogens with zero attached hydrogens (tertiary/aromatic N) is 1. The van der Waals surface area contributed by atoms with Gasteiger partial charge >= 0.3 is 5.97 Å². The fourth-order valence-electron chi connectivity index (χ4n) is 2.00. The molecule has 1 rings (SSSR count). The third kappa shape index (κ3) is 3.51. The van der Waals surface area contributed by atoms with Gasteiger partial charge in [0.2, 0.25) is 6.41 Å². The van der Waals surface area contributed by atoms with E-state index in [1.807, 2.05) is 6.92 Å². The van der Waals surface area contributed by atoms with E-state index in [1.54, 1.807) is 4.90 Å². The van der Waals surface area contributed by atoms with Crippen LogP contribution in [0.4, 0.5) is 0 Å². The van der Waals surface area contributed by atoms with Crippen molar-refractivity contribution >= 4 is 12.4 Å². The van der Waals surface area contributed by atoms with Crippen LogP contribution in [-0.2, 0) is 14.3 Å². The second-order valence-electron chi connectivity index (χ2n) is 4.34. The molecule has 1 heterocycles. The third-order valence-corrected chi connectivity index (χ3v) is 3.05. The summed E-state index contributed by atoms with van der Waals surface area (Å²) in [5.74, 6) is -0.249. The fraction of sp³-hybridized carbons (Fsp3) is 0.833. The highest BCUT2D eigenvalue weighted by Crippen LogP contribution is 2.18. The van der Waals surface area contributed by atoms with Crippen LogP contribution >= 0.6 is 0 Å². The van der Waals surface area contributed by atoms with Crippen molar-refractivity contribution in [3.63, 3.8) is 0 Å². The highest BCUT2D eigenvalue weighted by atomic mass is 16.5. The van der Waals surface area contributed by atoms with Crippen molar-refractivity contribution in [1.82, 2.24) is 4.90 Å². The second-order valence-corrected chi connectivity index (χ2v) is 4.34. The van der Waals surface area contributed by atoms with Crippen LogP contribution < -0.4 is 0 Å². The van der Waals surface area contributed by atoms with Crippen LogP contribution in [0.25, 0.3) is 0 Å². The normalized spacial score (nSPS) is 21.9. The van der Waals surface area contributed by atoms with Crippen LogP contribution in [-0.4, -0.2) is 36.5 Å². The summed E-state index contributed by atoms with van der Waals surface area (Å²) in [6.45, 7) is 5.30. The second kappa shape index (κ2) is 6.51. The molecule has 2 unspecified atom stereocenters. The van der Waals surface area contributed by atoms with Crippen molar-refractivity contribution in [2.75, 3.05) is 13.1 Å². The first-order valence-corrected chi connectivity index (χ1v) is 6.11. The van der Waals surface area contributed by atoms with Crippen LogP contribution in [0.15, 0.2) is 0 Å². The van der Waals surface area contributed by atoms with Gasteiger partial charge in [0.15, 0.2) is 0 Å². The number of hydrogen-bond acceptors (Lipinski definition) is 3. The summed E-state index contributed by atoms with van der Waals surface area (Å²) in [5, 5.41) is 0. The Morgan fingerprint density at radius 3 is 2.81 bits per heavy atom. The van der Waals surface area contributed by atoms with E-state index in [0.717, 1.165) is 32.1 Å². The quantitative estimate of drug-likeness (QED) is 0.511. The Morgan fingerprint density at radius 1 is 1.56 bits per heavy atom. The highest BCUT2D eigenvalue weighted by molar-refractivity contribution is 5.74. The topological polar surface area (TPSA) is 46.6 Å². The van der Waals surface area contributed by atoms with E-state index >= 15 is 0 Å². The summed E-state index contributed by atoms with van der Waals surface area (Å²) >= 11 is 0. The molecule has 0 spiro atoms. The number of likely N-dealkylation sites (tertiary alicyclic amines) is 1. The molecule has 0 aromatic rings. The fourth-order valence-corrected chi connectivity index (χ4v) is 2.00. The van der Waals surface area contributed by atoms with Crippen LogP contribution in [0.1, 0.15) is 39.5 Å². The van der Waals surface area contributed by atoms with Crippen molar-refractivity contribution in [2.45, 2.75) is 45.6 Å². The van der Waals surface area contributed by atoms with Gasteiger partial charge in [0.05, 0.1) is 5.92 Å². The molecule has 0 aromatic carbocycles. The average Bonchev–Trinajstić information content (AvgIpc) is 2.76. The summed E-state index contributed by atoms with van der Waals surface area (Å²) in [4.78, 5) is 23.9. The minimum Gasteiger partial charge on any atom is -0.462 e. The van der Waals surface area contributed by atoms with E-state index in [-0.39, 0.29) is 18.0 Å². The van der Waals surface area contributed by atoms with Crippen molar-refractivity contribution < 1.29 is 14.3 Å². The van der Waals surface area contributed by atoms with Gasteiger partial charge in [0.1, 0.15) is 6.10 Å². The molecule has 2 atom stereocenters. The van der Waals surface area contributed by atoms with Gasteiger partial charge in [-0.3, -0.25) is 9.59 Å². The molecule has 92 valence electrons. The van der Waals surface area contributed by atoms with Crippen LogP contribution in [0, 0.1) is 5.92 Å². The Kier molecular flexibility index (Phi) is 5.29. The summed E-state index contributed by atoms with van der Waals surface area (Å²) in [5.41, 5.74) is 0. The first-order valence-electron chi connectivity index (χ1n) is 6.11. The van der Waals surface area contributed by atoms with E-state index < -0.39 is 0 Å². The average molecular weight is 227 g/mol. The van der Waals surface area contributed by atoms with Gasteiger partial charge in [-0.25, -0.2) is 0 Å². The zero-order chi connectivity index (χ0) is 12.0. The zero-order valence-electron chi connectivity index (χ0n) is 10.1. The Morgan fingerprint density at radius 2 is 2.31 bits per heavy atom. The predicted octanol–water partition coefficient (Wildman–Crippen LogP) is 1.59. The summed E-state index contributed by atoms with van der Waals surface area (Å²) < 4.78 is 5.44. The molecule has 16 heavy (non-hydrogen) atoms. The van der Waals surface area contributed by atoms with Gasteiger partial charge in [-0.2, -0.15) is 0 Å². The number of amides is 1. The molecule has 0 N–H and O–H groups in total. The Balaban J connectivity index is 2.37. The molecule has 1 amide bonds.